The maximum Gasteiger partial charge on any atom is 0.338 e. The van der Waals surface area contributed by atoms with Crippen molar-refractivity contribution < 1.29 is 14.3 Å². The van der Waals surface area contributed by atoms with E-state index in [1.165, 1.54) is 0 Å². The predicted molar refractivity (Wildman–Crippen MR) is 104 cm³/mol. The summed E-state index contributed by atoms with van der Waals surface area (Å²) >= 11 is 0. The zero-order valence-corrected chi connectivity index (χ0v) is 14.9. The van der Waals surface area contributed by atoms with Crippen LogP contribution in [0, 0.1) is 6.92 Å². The van der Waals surface area contributed by atoms with Crippen molar-refractivity contribution in [3.63, 3.8) is 0 Å². The molecule has 0 aliphatic rings. The van der Waals surface area contributed by atoms with E-state index in [1.54, 1.807) is 18.5 Å². The van der Waals surface area contributed by atoms with Crippen LogP contribution in [0.5, 0.6) is 5.75 Å². The number of hydrogen-bond donors (Lipinski definition) is 0. The molecule has 0 saturated heterocycles. The number of hydrogen-bond acceptors (Lipinski definition) is 5. The minimum atomic E-state index is -0.372. The molecule has 0 amide bonds. The van der Waals surface area contributed by atoms with Crippen LogP contribution in [0.3, 0.4) is 0 Å². The molecule has 27 heavy (non-hydrogen) atoms. The summed E-state index contributed by atoms with van der Waals surface area (Å²) in [5, 5.41) is 1.88. The molecular formula is C22H18N2O3. The molecule has 0 fully saturated rings. The van der Waals surface area contributed by atoms with Crippen LogP contribution in [-0.2, 0) is 4.74 Å². The van der Waals surface area contributed by atoms with Gasteiger partial charge in [-0.1, -0.05) is 12.1 Å². The molecule has 134 valence electrons. The number of nitrogens with zero attached hydrogens (tertiary/aromatic N) is 2. The highest BCUT2D eigenvalue weighted by atomic mass is 16.6. The van der Waals surface area contributed by atoms with Crippen molar-refractivity contribution in [3.8, 4) is 5.75 Å². The molecule has 2 aromatic carbocycles. The van der Waals surface area contributed by atoms with Gasteiger partial charge in [0.05, 0.1) is 16.6 Å². The van der Waals surface area contributed by atoms with Crippen LogP contribution in [0.4, 0.5) is 0 Å². The lowest BCUT2D eigenvalue weighted by atomic mass is 10.1. The molecule has 0 bridgehead atoms. The lowest BCUT2D eigenvalue weighted by Gasteiger charge is -2.10. The van der Waals surface area contributed by atoms with Crippen molar-refractivity contribution >= 4 is 27.8 Å². The van der Waals surface area contributed by atoms with Crippen LogP contribution >= 0.6 is 0 Å². The standard InChI is InChI=1S/C22H18N2O3/c1-15-8-10-23-20-7-6-16(14-18(15)20)22(25)27-13-12-26-21-9-11-24-19-5-3-2-4-17(19)21/h2-11,14H,12-13H2,1H3. The minimum Gasteiger partial charge on any atom is -0.489 e. The summed E-state index contributed by atoms with van der Waals surface area (Å²) in [7, 11) is 0. The second-order valence-corrected chi connectivity index (χ2v) is 6.17. The number of fused-ring (bicyclic) bond motifs is 2. The van der Waals surface area contributed by atoms with Gasteiger partial charge in [-0.2, -0.15) is 0 Å². The number of carbonyl (C=O) groups is 1. The van der Waals surface area contributed by atoms with Gasteiger partial charge in [0, 0.05) is 23.2 Å². The van der Waals surface area contributed by atoms with Crippen molar-refractivity contribution in [2.45, 2.75) is 6.92 Å². The Morgan fingerprint density at radius 3 is 2.56 bits per heavy atom. The zero-order chi connectivity index (χ0) is 18.6. The van der Waals surface area contributed by atoms with E-state index in [0.717, 1.165) is 33.1 Å². The number of rotatable bonds is 5. The maximum absolute atomic E-state index is 12.3. The summed E-state index contributed by atoms with van der Waals surface area (Å²) in [4.78, 5) is 20.9. The molecule has 0 radical (unpaired) electrons. The molecule has 2 aromatic heterocycles. The highest BCUT2D eigenvalue weighted by Crippen LogP contribution is 2.23. The van der Waals surface area contributed by atoms with E-state index in [9.17, 15) is 4.79 Å². The van der Waals surface area contributed by atoms with Crippen LogP contribution in [0.1, 0.15) is 15.9 Å². The molecule has 0 aliphatic heterocycles. The van der Waals surface area contributed by atoms with E-state index in [4.69, 9.17) is 9.47 Å². The van der Waals surface area contributed by atoms with E-state index in [0.29, 0.717) is 5.56 Å². The van der Waals surface area contributed by atoms with Gasteiger partial charge in [-0.25, -0.2) is 4.79 Å². The van der Waals surface area contributed by atoms with Crippen molar-refractivity contribution in [2.75, 3.05) is 13.2 Å². The first-order valence-corrected chi connectivity index (χ1v) is 8.71. The van der Waals surface area contributed by atoms with E-state index < -0.39 is 0 Å². The van der Waals surface area contributed by atoms with Crippen molar-refractivity contribution in [1.82, 2.24) is 9.97 Å². The first-order valence-electron chi connectivity index (χ1n) is 8.71. The number of esters is 1. The number of aromatic nitrogens is 2. The fourth-order valence-electron chi connectivity index (χ4n) is 2.98. The maximum atomic E-state index is 12.3. The molecule has 0 N–H and O–H groups in total. The summed E-state index contributed by atoms with van der Waals surface area (Å²) in [6, 6.07) is 16.9. The molecule has 5 heteroatoms. The monoisotopic (exact) mass is 358 g/mol. The van der Waals surface area contributed by atoms with E-state index in [2.05, 4.69) is 9.97 Å². The Balaban J connectivity index is 1.39. The molecular weight excluding hydrogens is 340 g/mol. The van der Waals surface area contributed by atoms with E-state index >= 15 is 0 Å². The molecule has 0 atom stereocenters. The molecule has 0 aliphatic carbocycles. The van der Waals surface area contributed by atoms with Crippen molar-refractivity contribution in [2.24, 2.45) is 0 Å². The quantitative estimate of drug-likeness (QED) is 0.393. The predicted octanol–water partition coefficient (Wildman–Crippen LogP) is 4.33. The highest BCUT2D eigenvalue weighted by molar-refractivity contribution is 5.95. The number of para-hydroxylation sites is 1. The van der Waals surface area contributed by atoms with Gasteiger partial charge in [0.1, 0.15) is 19.0 Å². The van der Waals surface area contributed by atoms with Gasteiger partial charge in [0.25, 0.3) is 0 Å². The minimum absolute atomic E-state index is 0.166. The Bertz CT molecular complexity index is 1120. The number of pyridine rings is 2. The summed E-state index contributed by atoms with van der Waals surface area (Å²) in [5.74, 6) is 0.354. The Kier molecular flexibility index (Phi) is 4.66. The first kappa shape index (κ1) is 17.0. The fraction of sp³-hybridized carbons (Fsp3) is 0.136. The average molecular weight is 358 g/mol. The average Bonchev–Trinajstić information content (AvgIpc) is 2.71. The normalized spacial score (nSPS) is 10.9. The van der Waals surface area contributed by atoms with Gasteiger partial charge >= 0.3 is 5.97 Å². The van der Waals surface area contributed by atoms with Crippen molar-refractivity contribution in [1.29, 1.82) is 0 Å². The van der Waals surface area contributed by atoms with Crippen LogP contribution in [0.25, 0.3) is 21.8 Å². The number of benzene rings is 2. The lowest BCUT2D eigenvalue weighted by molar-refractivity contribution is 0.0451. The molecule has 4 aromatic rings. The van der Waals surface area contributed by atoms with Crippen LogP contribution in [0.2, 0.25) is 0 Å². The molecule has 0 spiro atoms. The number of aryl methyl sites for hydroxylation is 1. The fourth-order valence-corrected chi connectivity index (χ4v) is 2.98. The van der Waals surface area contributed by atoms with Gasteiger partial charge < -0.3 is 9.47 Å². The van der Waals surface area contributed by atoms with Gasteiger partial charge in [-0.3, -0.25) is 9.97 Å². The van der Waals surface area contributed by atoms with Gasteiger partial charge in [0.15, 0.2) is 0 Å². The van der Waals surface area contributed by atoms with Gasteiger partial charge in [0.2, 0.25) is 0 Å². The van der Waals surface area contributed by atoms with Crippen LogP contribution in [-0.4, -0.2) is 29.2 Å². The zero-order valence-electron chi connectivity index (χ0n) is 14.9. The van der Waals surface area contributed by atoms with Crippen molar-refractivity contribution in [3.05, 3.63) is 78.1 Å². The Morgan fingerprint density at radius 1 is 0.889 bits per heavy atom. The summed E-state index contributed by atoms with van der Waals surface area (Å²) in [6.45, 7) is 2.43. The summed E-state index contributed by atoms with van der Waals surface area (Å²) in [6.07, 6.45) is 3.46. The first-order chi connectivity index (χ1) is 13.2. The number of carbonyl (C=O) groups excluding carboxylic acids is 1. The van der Waals surface area contributed by atoms with Crippen LogP contribution < -0.4 is 4.74 Å². The van der Waals surface area contributed by atoms with Gasteiger partial charge in [-0.05, 0) is 55.0 Å². The SMILES string of the molecule is Cc1ccnc2ccc(C(=O)OCCOc3ccnc4ccccc34)cc12. The largest absolute Gasteiger partial charge is 0.489 e. The highest BCUT2D eigenvalue weighted by Gasteiger charge is 2.10. The van der Waals surface area contributed by atoms with Gasteiger partial charge in [-0.15, -0.1) is 0 Å². The Hall–Kier alpha value is -3.47. The molecule has 2 heterocycles. The third-order valence-corrected chi connectivity index (χ3v) is 4.38. The van der Waals surface area contributed by atoms with Crippen LogP contribution in [0.15, 0.2) is 67.0 Å². The summed E-state index contributed by atoms with van der Waals surface area (Å²) in [5.41, 5.74) is 3.31. The van der Waals surface area contributed by atoms with E-state index in [1.807, 2.05) is 55.5 Å². The molecule has 4 rings (SSSR count). The second kappa shape index (κ2) is 7.41. The number of ether oxygens (including phenoxy) is 2. The molecule has 0 saturated carbocycles. The Morgan fingerprint density at radius 2 is 1.67 bits per heavy atom. The smallest absolute Gasteiger partial charge is 0.338 e. The molecule has 5 nitrogen and oxygen atoms in total. The Labute approximate surface area is 156 Å². The third-order valence-electron chi connectivity index (χ3n) is 4.38. The lowest BCUT2D eigenvalue weighted by Crippen LogP contribution is -2.12. The summed E-state index contributed by atoms with van der Waals surface area (Å²) < 4.78 is 11.1. The van der Waals surface area contributed by atoms with E-state index in [-0.39, 0.29) is 19.2 Å². The second-order valence-electron chi connectivity index (χ2n) is 6.17. The molecule has 0 unspecified atom stereocenters. The topological polar surface area (TPSA) is 61.3 Å². The third kappa shape index (κ3) is 3.58.